The van der Waals surface area contributed by atoms with Crippen molar-refractivity contribution >= 4 is 11.6 Å². The summed E-state index contributed by atoms with van der Waals surface area (Å²) in [5.74, 6) is -0.0890. The molecule has 0 saturated carbocycles. The summed E-state index contributed by atoms with van der Waals surface area (Å²) in [7, 11) is 1.72. The van der Waals surface area contributed by atoms with Gasteiger partial charge in [0.05, 0.1) is 17.9 Å². The summed E-state index contributed by atoms with van der Waals surface area (Å²) in [6.07, 6.45) is 4.76. The third-order valence-electron chi connectivity index (χ3n) is 3.27. The van der Waals surface area contributed by atoms with Gasteiger partial charge in [0, 0.05) is 13.2 Å². The van der Waals surface area contributed by atoms with Crippen molar-refractivity contribution in [1.82, 2.24) is 4.98 Å². The molecule has 0 aliphatic carbocycles. The number of anilines is 1. The molecule has 0 aliphatic heterocycles. The van der Waals surface area contributed by atoms with Gasteiger partial charge in [0.15, 0.2) is 0 Å². The van der Waals surface area contributed by atoms with E-state index in [1.807, 2.05) is 36.4 Å². The number of likely N-dealkylation sites (N-methyl/N-ethyl adjacent to an activating group) is 1. The second kappa shape index (κ2) is 6.82. The monoisotopic (exact) mass is 269 g/mol. The van der Waals surface area contributed by atoms with Crippen molar-refractivity contribution < 1.29 is 4.79 Å². The Morgan fingerprint density at radius 1 is 1.25 bits per heavy atom. The topological polar surface area (TPSA) is 59.2 Å². The standard InChI is InChI=1S/C16H19N3O/c1-19(14-8-5-11-18-12-14)16(20)15(17)10-9-13-6-3-2-4-7-13/h2-8,11-12,15H,9-10,17H2,1H3/t15-/m0/s1. The van der Waals surface area contributed by atoms with Crippen LogP contribution >= 0.6 is 0 Å². The van der Waals surface area contributed by atoms with Crippen molar-refractivity contribution in [3.8, 4) is 0 Å². The van der Waals surface area contributed by atoms with E-state index in [0.29, 0.717) is 6.42 Å². The summed E-state index contributed by atoms with van der Waals surface area (Å²) in [6.45, 7) is 0. The molecule has 0 fully saturated rings. The maximum atomic E-state index is 12.2. The lowest BCUT2D eigenvalue weighted by Crippen LogP contribution is -2.42. The van der Waals surface area contributed by atoms with E-state index >= 15 is 0 Å². The molecule has 0 unspecified atom stereocenters. The molecule has 0 radical (unpaired) electrons. The molecule has 4 nitrogen and oxygen atoms in total. The normalized spacial score (nSPS) is 11.9. The zero-order chi connectivity index (χ0) is 14.4. The van der Waals surface area contributed by atoms with Gasteiger partial charge in [-0.3, -0.25) is 9.78 Å². The largest absolute Gasteiger partial charge is 0.320 e. The number of aryl methyl sites for hydroxylation is 1. The lowest BCUT2D eigenvalue weighted by Gasteiger charge is -2.21. The van der Waals surface area contributed by atoms with E-state index in [4.69, 9.17) is 5.73 Å². The van der Waals surface area contributed by atoms with Gasteiger partial charge in [-0.2, -0.15) is 0 Å². The van der Waals surface area contributed by atoms with Crippen molar-refractivity contribution in [3.63, 3.8) is 0 Å². The second-order valence-corrected chi connectivity index (χ2v) is 4.74. The minimum atomic E-state index is -0.500. The number of carbonyl (C=O) groups excluding carboxylic acids is 1. The molecule has 1 amide bonds. The third-order valence-corrected chi connectivity index (χ3v) is 3.27. The fraction of sp³-hybridized carbons (Fsp3) is 0.250. The first-order valence-electron chi connectivity index (χ1n) is 6.65. The first-order chi connectivity index (χ1) is 9.68. The van der Waals surface area contributed by atoms with Crippen LogP contribution in [0.1, 0.15) is 12.0 Å². The molecule has 2 rings (SSSR count). The zero-order valence-electron chi connectivity index (χ0n) is 11.6. The highest BCUT2D eigenvalue weighted by Crippen LogP contribution is 2.12. The van der Waals surface area contributed by atoms with E-state index in [9.17, 15) is 4.79 Å². The summed E-state index contributed by atoms with van der Waals surface area (Å²) < 4.78 is 0. The van der Waals surface area contributed by atoms with Gasteiger partial charge in [0.2, 0.25) is 5.91 Å². The van der Waals surface area contributed by atoms with Gasteiger partial charge in [0.1, 0.15) is 0 Å². The molecular formula is C16H19N3O. The number of nitrogens with zero attached hydrogens (tertiary/aromatic N) is 2. The molecule has 1 atom stereocenters. The van der Waals surface area contributed by atoms with E-state index in [0.717, 1.165) is 12.1 Å². The van der Waals surface area contributed by atoms with E-state index in [2.05, 4.69) is 4.98 Å². The molecule has 1 aromatic heterocycles. The van der Waals surface area contributed by atoms with Crippen LogP contribution in [-0.4, -0.2) is 24.0 Å². The fourth-order valence-electron chi connectivity index (χ4n) is 2.02. The average molecular weight is 269 g/mol. The van der Waals surface area contributed by atoms with Gasteiger partial charge in [-0.15, -0.1) is 0 Å². The van der Waals surface area contributed by atoms with Crippen LogP contribution in [0.5, 0.6) is 0 Å². The molecule has 2 aromatic rings. The minimum Gasteiger partial charge on any atom is -0.320 e. The molecule has 2 N–H and O–H groups in total. The van der Waals surface area contributed by atoms with Gasteiger partial charge >= 0.3 is 0 Å². The van der Waals surface area contributed by atoms with E-state index in [-0.39, 0.29) is 5.91 Å². The lowest BCUT2D eigenvalue weighted by atomic mass is 10.0. The van der Waals surface area contributed by atoms with E-state index < -0.39 is 6.04 Å². The molecular weight excluding hydrogens is 250 g/mol. The number of amides is 1. The maximum Gasteiger partial charge on any atom is 0.243 e. The van der Waals surface area contributed by atoms with Crippen LogP contribution in [0.2, 0.25) is 0 Å². The number of hydrogen-bond acceptors (Lipinski definition) is 3. The van der Waals surface area contributed by atoms with Crippen LogP contribution in [-0.2, 0) is 11.2 Å². The van der Waals surface area contributed by atoms with Crippen LogP contribution in [0, 0.1) is 0 Å². The summed E-state index contributed by atoms with van der Waals surface area (Å²) in [5.41, 5.74) is 7.94. The summed E-state index contributed by atoms with van der Waals surface area (Å²) in [6, 6.07) is 13.2. The van der Waals surface area contributed by atoms with Gasteiger partial charge in [-0.1, -0.05) is 30.3 Å². The number of benzene rings is 1. The van der Waals surface area contributed by atoms with Crippen molar-refractivity contribution in [1.29, 1.82) is 0 Å². The Hall–Kier alpha value is -2.20. The second-order valence-electron chi connectivity index (χ2n) is 4.74. The Labute approximate surface area is 119 Å². The number of nitrogens with two attached hydrogens (primary N) is 1. The molecule has 4 heteroatoms. The summed E-state index contributed by atoms with van der Waals surface area (Å²) in [5, 5.41) is 0. The molecule has 104 valence electrons. The van der Waals surface area contributed by atoms with Gasteiger partial charge < -0.3 is 10.6 Å². The number of pyridine rings is 1. The highest BCUT2D eigenvalue weighted by Gasteiger charge is 2.19. The molecule has 0 spiro atoms. The van der Waals surface area contributed by atoms with E-state index in [1.165, 1.54) is 5.56 Å². The average Bonchev–Trinajstić information content (AvgIpc) is 2.53. The first kappa shape index (κ1) is 14.2. The number of rotatable bonds is 5. The zero-order valence-corrected chi connectivity index (χ0v) is 11.6. The highest BCUT2D eigenvalue weighted by atomic mass is 16.2. The van der Waals surface area contributed by atoms with Crippen LogP contribution in [0.25, 0.3) is 0 Å². The van der Waals surface area contributed by atoms with Gasteiger partial charge in [-0.05, 0) is 30.5 Å². The number of carbonyl (C=O) groups is 1. The van der Waals surface area contributed by atoms with Crippen LogP contribution in [0.3, 0.4) is 0 Å². The predicted octanol–water partition coefficient (Wildman–Crippen LogP) is 2.00. The number of aromatic nitrogens is 1. The van der Waals surface area contributed by atoms with Crippen LogP contribution < -0.4 is 10.6 Å². The molecule has 1 heterocycles. The molecule has 0 bridgehead atoms. The highest BCUT2D eigenvalue weighted by molar-refractivity contribution is 5.96. The SMILES string of the molecule is CN(C(=O)[C@@H](N)CCc1ccccc1)c1cccnc1. The van der Waals surface area contributed by atoms with Crippen molar-refractivity contribution in [2.24, 2.45) is 5.73 Å². The smallest absolute Gasteiger partial charge is 0.243 e. The third kappa shape index (κ3) is 3.65. The maximum absolute atomic E-state index is 12.2. The van der Waals surface area contributed by atoms with Gasteiger partial charge in [-0.25, -0.2) is 0 Å². The predicted molar refractivity (Wildman–Crippen MR) is 80.4 cm³/mol. The number of hydrogen-bond donors (Lipinski definition) is 1. The van der Waals surface area contributed by atoms with Gasteiger partial charge in [0.25, 0.3) is 0 Å². The van der Waals surface area contributed by atoms with Crippen molar-refractivity contribution in [2.45, 2.75) is 18.9 Å². The Morgan fingerprint density at radius 2 is 2.00 bits per heavy atom. The fourth-order valence-corrected chi connectivity index (χ4v) is 2.02. The Kier molecular flexibility index (Phi) is 4.85. The van der Waals surface area contributed by atoms with Crippen LogP contribution in [0.4, 0.5) is 5.69 Å². The molecule has 0 saturated heterocycles. The Balaban J connectivity index is 1.92. The van der Waals surface area contributed by atoms with E-state index in [1.54, 1.807) is 30.4 Å². The van der Waals surface area contributed by atoms with Crippen molar-refractivity contribution in [3.05, 3.63) is 60.4 Å². The molecule has 1 aromatic carbocycles. The first-order valence-corrected chi connectivity index (χ1v) is 6.65. The van der Waals surface area contributed by atoms with Crippen molar-refractivity contribution in [2.75, 3.05) is 11.9 Å². The quantitative estimate of drug-likeness (QED) is 0.903. The molecule has 20 heavy (non-hydrogen) atoms. The lowest BCUT2D eigenvalue weighted by molar-refractivity contribution is -0.119. The Morgan fingerprint density at radius 3 is 2.65 bits per heavy atom. The van der Waals surface area contributed by atoms with Crippen LogP contribution in [0.15, 0.2) is 54.9 Å². The molecule has 0 aliphatic rings. The summed E-state index contributed by atoms with van der Waals surface area (Å²) in [4.78, 5) is 17.8. The minimum absolute atomic E-state index is 0.0890. The summed E-state index contributed by atoms with van der Waals surface area (Å²) >= 11 is 0. The Bertz CT molecular complexity index is 542.